The van der Waals surface area contributed by atoms with Gasteiger partial charge in [-0.1, -0.05) is 109 Å². The van der Waals surface area contributed by atoms with Crippen LogP contribution in [0.25, 0.3) is 55.7 Å². The van der Waals surface area contributed by atoms with E-state index in [-0.39, 0.29) is 0 Å². The monoisotopic (exact) mass is 423 g/mol. The van der Waals surface area contributed by atoms with Crippen LogP contribution in [0.4, 0.5) is 0 Å². The van der Waals surface area contributed by atoms with Gasteiger partial charge in [-0.3, -0.25) is 0 Å². The van der Waals surface area contributed by atoms with Gasteiger partial charge in [0.15, 0.2) is 17.5 Å². The molecule has 0 unspecified atom stereocenters. The number of hydrogen-bond donors (Lipinski definition) is 0. The van der Waals surface area contributed by atoms with E-state index in [1.165, 1.54) is 10.8 Å². The van der Waals surface area contributed by atoms with E-state index in [1.807, 2.05) is 30.3 Å². The van der Waals surface area contributed by atoms with Gasteiger partial charge in [-0.2, -0.15) is 0 Å². The second-order valence-electron chi connectivity index (χ2n) is 8.18. The molecule has 6 rings (SSSR count). The lowest BCUT2D eigenvalue weighted by Crippen LogP contribution is -2.02. The van der Waals surface area contributed by atoms with Crippen molar-refractivity contribution in [2.24, 2.45) is 0 Å². The summed E-state index contributed by atoms with van der Waals surface area (Å²) in [6.45, 7) is 2.12. The minimum Gasteiger partial charge on any atom is -0.208 e. The maximum atomic E-state index is 5.04. The molecule has 0 bridgehead atoms. The number of aryl methyl sites for hydroxylation is 1. The van der Waals surface area contributed by atoms with Crippen LogP contribution < -0.4 is 0 Å². The van der Waals surface area contributed by atoms with E-state index >= 15 is 0 Å². The van der Waals surface area contributed by atoms with Crippen LogP contribution in [0.1, 0.15) is 5.56 Å². The lowest BCUT2D eigenvalue weighted by atomic mass is 9.99. The van der Waals surface area contributed by atoms with Crippen molar-refractivity contribution in [3.63, 3.8) is 0 Å². The fraction of sp³-hybridized carbons (Fsp3) is 0.0333. The van der Waals surface area contributed by atoms with Crippen molar-refractivity contribution in [3.8, 4) is 34.2 Å². The van der Waals surface area contributed by atoms with Gasteiger partial charge < -0.3 is 0 Å². The molecule has 3 nitrogen and oxygen atoms in total. The van der Waals surface area contributed by atoms with Gasteiger partial charge in [-0.05, 0) is 34.0 Å². The SMILES string of the molecule is Cc1ccc2ccccc2c1-c1nc(-c2ccccc2)nc(-c2cccc3ccccc23)n1. The predicted octanol–water partition coefficient (Wildman–Crippen LogP) is 7.49. The van der Waals surface area contributed by atoms with Crippen molar-refractivity contribution in [2.75, 3.05) is 0 Å². The average Bonchev–Trinajstić information content (AvgIpc) is 2.88. The molecule has 0 saturated carbocycles. The summed E-state index contributed by atoms with van der Waals surface area (Å²) in [6, 6.07) is 37.4. The lowest BCUT2D eigenvalue weighted by molar-refractivity contribution is 1.08. The molecule has 5 aromatic carbocycles. The molecule has 0 aliphatic carbocycles. The van der Waals surface area contributed by atoms with Crippen molar-refractivity contribution < 1.29 is 0 Å². The highest BCUT2D eigenvalue weighted by Gasteiger charge is 2.16. The Balaban J connectivity index is 1.68. The molecule has 0 aliphatic rings. The maximum absolute atomic E-state index is 5.04. The fourth-order valence-corrected chi connectivity index (χ4v) is 4.42. The molecule has 1 aromatic heterocycles. The molecule has 0 atom stereocenters. The normalized spacial score (nSPS) is 11.2. The molecule has 0 fully saturated rings. The summed E-state index contributed by atoms with van der Waals surface area (Å²) in [7, 11) is 0. The van der Waals surface area contributed by atoms with Crippen LogP contribution >= 0.6 is 0 Å². The Morgan fingerprint density at radius 1 is 0.455 bits per heavy atom. The molecular formula is C30H21N3. The van der Waals surface area contributed by atoms with Crippen molar-refractivity contribution in [3.05, 3.63) is 115 Å². The summed E-state index contributed by atoms with van der Waals surface area (Å²) in [4.78, 5) is 14.9. The van der Waals surface area contributed by atoms with Crippen LogP contribution in [0, 0.1) is 6.92 Å². The molecule has 156 valence electrons. The highest BCUT2D eigenvalue weighted by molar-refractivity contribution is 5.98. The van der Waals surface area contributed by atoms with Crippen LogP contribution in [0.3, 0.4) is 0 Å². The van der Waals surface area contributed by atoms with Crippen LogP contribution in [-0.4, -0.2) is 15.0 Å². The maximum Gasteiger partial charge on any atom is 0.164 e. The fourth-order valence-electron chi connectivity index (χ4n) is 4.42. The van der Waals surface area contributed by atoms with Crippen LogP contribution in [0.5, 0.6) is 0 Å². The topological polar surface area (TPSA) is 38.7 Å². The number of benzene rings is 5. The van der Waals surface area contributed by atoms with Gasteiger partial charge in [0.1, 0.15) is 0 Å². The van der Waals surface area contributed by atoms with Gasteiger partial charge >= 0.3 is 0 Å². The standard InChI is InChI=1S/C30H21N3/c1-20-18-19-22-11-6-8-16-25(22)27(20)30-32-28(23-12-3-2-4-13-23)31-29(33-30)26-17-9-14-21-10-5-7-15-24(21)26/h2-19H,1H3. The smallest absolute Gasteiger partial charge is 0.164 e. The summed E-state index contributed by atoms with van der Waals surface area (Å²) in [6.07, 6.45) is 0. The van der Waals surface area contributed by atoms with E-state index < -0.39 is 0 Å². The van der Waals surface area contributed by atoms with Gasteiger partial charge in [0.25, 0.3) is 0 Å². The number of aromatic nitrogens is 3. The lowest BCUT2D eigenvalue weighted by Gasteiger charge is -2.13. The number of hydrogen-bond acceptors (Lipinski definition) is 3. The van der Waals surface area contributed by atoms with Gasteiger partial charge in [-0.25, -0.2) is 15.0 Å². The van der Waals surface area contributed by atoms with E-state index in [0.717, 1.165) is 33.0 Å². The first-order chi connectivity index (χ1) is 16.3. The van der Waals surface area contributed by atoms with E-state index in [1.54, 1.807) is 0 Å². The third-order valence-electron chi connectivity index (χ3n) is 6.06. The zero-order valence-corrected chi connectivity index (χ0v) is 18.2. The molecule has 0 N–H and O–H groups in total. The molecule has 6 aromatic rings. The summed E-state index contributed by atoms with van der Waals surface area (Å²) >= 11 is 0. The molecule has 0 spiro atoms. The van der Waals surface area contributed by atoms with Gasteiger partial charge in [0.2, 0.25) is 0 Å². The molecule has 33 heavy (non-hydrogen) atoms. The van der Waals surface area contributed by atoms with E-state index in [0.29, 0.717) is 17.5 Å². The summed E-state index contributed by atoms with van der Waals surface area (Å²) in [5.74, 6) is 2.06. The van der Waals surface area contributed by atoms with E-state index in [4.69, 9.17) is 15.0 Å². The number of fused-ring (bicyclic) bond motifs is 2. The number of rotatable bonds is 3. The average molecular weight is 424 g/mol. The Labute approximate surface area is 192 Å². The third kappa shape index (κ3) is 3.44. The molecule has 0 radical (unpaired) electrons. The Hall–Kier alpha value is -4.37. The molecule has 0 aliphatic heterocycles. The number of nitrogens with zero attached hydrogens (tertiary/aromatic N) is 3. The van der Waals surface area contributed by atoms with Crippen molar-refractivity contribution >= 4 is 21.5 Å². The Bertz CT molecular complexity index is 1620. The highest BCUT2D eigenvalue weighted by atomic mass is 15.0. The Morgan fingerprint density at radius 2 is 1.06 bits per heavy atom. The quantitative estimate of drug-likeness (QED) is 0.296. The first-order valence-corrected chi connectivity index (χ1v) is 11.1. The Kier molecular flexibility index (Phi) is 4.66. The van der Waals surface area contributed by atoms with E-state index in [9.17, 15) is 0 Å². The highest BCUT2D eigenvalue weighted by Crippen LogP contribution is 2.33. The summed E-state index contributed by atoms with van der Waals surface area (Å²) in [5, 5.41) is 4.61. The van der Waals surface area contributed by atoms with Crippen LogP contribution in [-0.2, 0) is 0 Å². The van der Waals surface area contributed by atoms with Crippen molar-refractivity contribution in [1.82, 2.24) is 15.0 Å². The second kappa shape index (κ2) is 7.95. The first kappa shape index (κ1) is 19.3. The molecule has 0 amide bonds. The Morgan fingerprint density at radius 3 is 1.88 bits per heavy atom. The zero-order chi connectivity index (χ0) is 22.2. The van der Waals surface area contributed by atoms with E-state index in [2.05, 4.69) is 85.8 Å². The minimum atomic E-state index is 0.677. The van der Waals surface area contributed by atoms with Crippen molar-refractivity contribution in [2.45, 2.75) is 6.92 Å². The van der Waals surface area contributed by atoms with Gasteiger partial charge in [-0.15, -0.1) is 0 Å². The van der Waals surface area contributed by atoms with Crippen molar-refractivity contribution in [1.29, 1.82) is 0 Å². The van der Waals surface area contributed by atoms with Crippen LogP contribution in [0.2, 0.25) is 0 Å². The summed E-state index contributed by atoms with van der Waals surface area (Å²) < 4.78 is 0. The van der Waals surface area contributed by atoms with Crippen LogP contribution in [0.15, 0.2) is 109 Å². The largest absolute Gasteiger partial charge is 0.208 e. The molecular weight excluding hydrogens is 402 g/mol. The molecule has 3 heteroatoms. The summed E-state index contributed by atoms with van der Waals surface area (Å²) in [5.41, 5.74) is 4.17. The van der Waals surface area contributed by atoms with Gasteiger partial charge in [0, 0.05) is 16.7 Å². The second-order valence-corrected chi connectivity index (χ2v) is 8.18. The first-order valence-electron chi connectivity index (χ1n) is 11.1. The third-order valence-corrected chi connectivity index (χ3v) is 6.06. The molecule has 1 heterocycles. The minimum absolute atomic E-state index is 0.677. The molecule has 0 saturated heterocycles. The predicted molar refractivity (Wildman–Crippen MR) is 136 cm³/mol. The zero-order valence-electron chi connectivity index (χ0n) is 18.2. The van der Waals surface area contributed by atoms with Gasteiger partial charge in [0.05, 0.1) is 0 Å².